The number of hydrogen-bond acceptors (Lipinski definition) is 2. The van der Waals surface area contributed by atoms with Crippen molar-refractivity contribution < 1.29 is 9.59 Å². The van der Waals surface area contributed by atoms with Crippen molar-refractivity contribution in [2.24, 2.45) is 0 Å². The summed E-state index contributed by atoms with van der Waals surface area (Å²) >= 11 is 0. The van der Waals surface area contributed by atoms with Crippen LogP contribution in [0, 0.1) is 0 Å². The minimum absolute atomic E-state index is 0.0257. The summed E-state index contributed by atoms with van der Waals surface area (Å²) in [5.74, 6) is 0.193. The van der Waals surface area contributed by atoms with Gasteiger partial charge in [0.1, 0.15) is 6.04 Å². The minimum Gasteiger partial charge on any atom is -0.352 e. The van der Waals surface area contributed by atoms with Gasteiger partial charge < -0.3 is 10.2 Å². The molecule has 0 aromatic carbocycles. The van der Waals surface area contributed by atoms with E-state index in [2.05, 4.69) is 5.32 Å². The molecule has 1 N–H and O–H groups in total. The fourth-order valence-electron chi connectivity index (χ4n) is 2.98. The second-order valence-electron chi connectivity index (χ2n) is 5.46. The SMILES string of the molecule is CC(C)NC(=O)C1CCC(=O)N1C1CCCC1. The van der Waals surface area contributed by atoms with E-state index >= 15 is 0 Å². The minimum atomic E-state index is -0.215. The summed E-state index contributed by atoms with van der Waals surface area (Å²) in [7, 11) is 0. The van der Waals surface area contributed by atoms with E-state index in [1.807, 2.05) is 18.7 Å². The normalized spacial score (nSPS) is 25.9. The first-order valence-corrected chi connectivity index (χ1v) is 6.71. The van der Waals surface area contributed by atoms with Crippen molar-refractivity contribution in [3.63, 3.8) is 0 Å². The predicted octanol–water partition coefficient (Wildman–Crippen LogP) is 1.44. The molecule has 0 aromatic rings. The van der Waals surface area contributed by atoms with Gasteiger partial charge >= 0.3 is 0 Å². The number of likely N-dealkylation sites (tertiary alicyclic amines) is 1. The molecule has 1 saturated carbocycles. The Morgan fingerprint density at radius 2 is 1.94 bits per heavy atom. The van der Waals surface area contributed by atoms with Gasteiger partial charge in [0.25, 0.3) is 0 Å². The van der Waals surface area contributed by atoms with E-state index in [9.17, 15) is 9.59 Å². The maximum atomic E-state index is 12.1. The number of carbonyl (C=O) groups is 2. The van der Waals surface area contributed by atoms with Crippen molar-refractivity contribution in [2.45, 2.75) is 70.5 Å². The summed E-state index contributed by atoms with van der Waals surface area (Å²) < 4.78 is 0. The van der Waals surface area contributed by atoms with Crippen LogP contribution in [0.3, 0.4) is 0 Å². The Kier molecular flexibility index (Phi) is 3.69. The van der Waals surface area contributed by atoms with E-state index in [0.29, 0.717) is 18.9 Å². The van der Waals surface area contributed by atoms with Crippen LogP contribution in [0.25, 0.3) is 0 Å². The summed E-state index contributed by atoms with van der Waals surface area (Å²) in [6, 6.07) is 0.240. The van der Waals surface area contributed by atoms with Gasteiger partial charge in [-0.3, -0.25) is 9.59 Å². The van der Waals surface area contributed by atoms with Crippen molar-refractivity contribution >= 4 is 11.8 Å². The van der Waals surface area contributed by atoms with Crippen LogP contribution >= 0.6 is 0 Å². The Balaban J connectivity index is 2.05. The first-order valence-electron chi connectivity index (χ1n) is 6.71. The van der Waals surface area contributed by atoms with E-state index in [0.717, 1.165) is 12.8 Å². The molecule has 2 fully saturated rings. The molecule has 1 heterocycles. The van der Waals surface area contributed by atoms with Gasteiger partial charge in [-0.25, -0.2) is 0 Å². The second-order valence-corrected chi connectivity index (χ2v) is 5.46. The monoisotopic (exact) mass is 238 g/mol. The van der Waals surface area contributed by atoms with Gasteiger partial charge in [0, 0.05) is 18.5 Å². The van der Waals surface area contributed by atoms with Gasteiger partial charge in [-0.15, -0.1) is 0 Å². The van der Waals surface area contributed by atoms with Crippen LogP contribution in [-0.2, 0) is 9.59 Å². The van der Waals surface area contributed by atoms with Crippen molar-refractivity contribution in [3.8, 4) is 0 Å². The van der Waals surface area contributed by atoms with Crippen molar-refractivity contribution in [1.82, 2.24) is 10.2 Å². The average molecular weight is 238 g/mol. The fraction of sp³-hybridized carbons (Fsp3) is 0.846. The molecule has 0 aromatic heterocycles. The first kappa shape index (κ1) is 12.4. The highest BCUT2D eigenvalue weighted by Crippen LogP contribution is 2.30. The third-order valence-corrected chi connectivity index (χ3v) is 3.71. The van der Waals surface area contributed by atoms with Gasteiger partial charge in [-0.1, -0.05) is 12.8 Å². The zero-order chi connectivity index (χ0) is 12.4. The molecule has 0 bridgehead atoms. The Bertz CT molecular complexity index is 309. The highest BCUT2D eigenvalue weighted by molar-refractivity contribution is 5.91. The molecule has 17 heavy (non-hydrogen) atoms. The Hall–Kier alpha value is -1.06. The first-order chi connectivity index (χ1) is 8.09. The van der Waals surface area contributed by atoms with Gasteiger partial charge in [0.05, 0.1) is 0 Å². The lowest BCUT2D eigenvalue weighted by molar-refractivity contribution is -0.137. The molecule has 1 saturated heterocycles. The van der Waals surface area contributed by atoms with Crippen LogP contribution in [0.5, 0.6) is 0 Å². The van der Waals surface area contributed by atoms with Gasteiger partial charge in [-0.05, 0) is 33.1 Å². The van der Waals surface area contributed by atoms with Crippen LogP contribution in [0.1, 0.15) is 52.4 Å². The molecule has 2 amide bonds. The standard InChI is InChI=1S/C13H22N2O2/c1-9(2)14-13(17)11-7-8-12(16)15(11)10-5-3-4-6-10/h9-11H,3-8H2,1-2H3,(H,14,17). The van der Waals surface area contributed by atoms with Crippen molar-refractivity contribution in [2.75, 3.05) is 0 Å². The second kappa shape index (κ2) is 5.07. The lowest BCUT2D eigenvalue weighted by Crippen LogP contribution is -2.50. The number of nitrogens with one attached hydrogen (secondary N) is 1. The molecule has 2 rings (SSSR count). The molecule has 1 atom stereocenters. The molecule has 1 unspecified atom stereocenters. The predicted molar refractivity (Wildman–Crippen MR) is 65.4 cm³/mol. The molecule has 1 aliphatic heterocycles. The number of nitrogens with zero attached hydrogens (tertiary/aromatic N) is 1. The lowest BCUT2D eigenvalue weighted by Gasteiger charge is -2.30. The molecule has 2 aliphatic rings. The lowest BCUT2D eigenvalue weighted by atomic mass is 10.1. The number of rotatable bonds is 3. The van der Waals surface area contributed by atoms with Crippen LogP contribution in [0.2, 0.25) is 0 Å². The number of hydrogen-bond donors (Lipinski definition) is 1. The summed E-state index contributed by atoms with van der Waals surface area (Å²) in [6.45, 7) is 3.91. The van der Waals surface area contributed by atoms with Crippen LogP contribution in [0.4, 0.5) is 0 Å². The maximum absolute atomic E-state index is 12.1. The molecule has 4 nitrogen and oxygen atoms in total. The Morgan fingerprint density at radius 3 is 2.53 bits per heavy atom. The van der Waals surface area contributed by atoms with Gasteiger partial charge in [-0.2, -0.15) is 0 Å². The quantitative estimate of drug-likeness (QED) is 0.809. The van der Waals surface area contributed by atoms with Crippen LogP contribution in [-0.4, -0.2) is 34.8 Å². The molecule has 0 radical (unpaired) electrons. The summed E-state index contributed by atoms with van der Waals surface area (Å²) in [5, 5.41) is 2.93. The Labute approximate surface area is 103 Å². The fourth-order valence-corrected chi connectivity index (χ4v) is 2.98. The number of carbonyl (C=O) groups excluding carboxylic acids is 2. The molecular weight excluding hydrogens is 216 g/mol. The van der Waals surface area contributed by atoms with E-state index in [-0.39, 0.29) is 23.9 Å². The van der Waals surface area contributed by atoms with E-state index in [1.165, 1.54) is 12.8 Å². The highest BCUT2D eigenvalue weighted by atomic mass is 16.2. The number of amides is 2. The molecule has 96 valence electrons. The van der Waals surface area contributed by atoms with E-state index < -0.39 is 0 Å². The average Bonchev–Trinajstić information content (AvgIpc) is 2.84. The van der Waals surface area contributed by atoms with Crippen molar-refractivity contribution in [1.29, 1.82) is 0 Å². The zero-order valence-corrected chi connectivity index (χ0v) is 10.7. The third-order valence-electron chi connectivity index (χ3n) is 3.71. The molecular formula is C13H22N2O2. The highest BCUT2D eigenvalue weighted by Gasteiger charge is 2.40. The van der Waals surface area contributed by atoms with E-state index in [1.54, 1.807) is 0 Å². The van der Waals surface area contributed by atoms with Gasteiger partial charge in [0.15, 0.2) is 0 Å². The molecule has 1 aliphatic carbocycles. The van der Waals surface area contributed by atoms with Crippen LogP contribution in [0.15, 0.2) is 0 Å². The Morgan fingerprint density at radius 1 is 1.29 bits per heavy atom. The summed E-state index contributed by atoms with van der Waals surface area (Å²) in [6.07, 6.45) is 5.73. The topological polar surface area (TPSA) is 49.4 Å². The molecule has 0 spiro atoms. The van der Waals surface area contributed by atoms with Crippen molar-refractivity contribution in [3.05, 3.63) is 0 Å². The van der Waals surface area contributed by atoms with Gasteiger partial charge in [0.2, 0.25) is 11.8 Å². The largest absolute Gasteiger partial charge is 0.352 e. The smallest absolute Gasteiger partial charge is 0.243 e. The summed E-state index contributed by atoms with van der Waals surface area (Å²) in [5.41, 5.74) is 0. The molecule has 4 heteroatoms. The maximum Gasteiger partial charge on any atom is 0.243 e. The summed E-state index contributed by atoms with van der Waals surface area (Å²) in [4.78, 5) is 25.8. The van der Waals surface area contributed by atoms with E-state index in [4.69, 9.17) is 0 Å². The zero-order valence-electron chi connectivity index (χ0n) is 10.7. The third kappa shape index (κ3) is 2.61. The van der Waals surface area contributed by atoms with Crippen LogP contribution < -0.4 is 5.32 Å².